The number of anilines is 2. The normalized spacial score (nSPS) is 22.0. The maximum Gasteiger partial charge on any atom is 0.232 e. The van der Waals surface area contributed by atoms with Gasteiger partial charge in [0.25, 0.3) is 0 Å². The fourth-order valence-electron chi connectivity index (χ4n) is 4.11. The highest BCUT2D eigenvalue weighted by Crippen LogP contribution is 2.35. The van der Waals surface area contributed by atoms with E-state index in [1.807, 2.05) is 48.2 Å². The summed E-state index contributed by atoms with van der Waals surface area (Å²) in [6.45, 7) is 6.65. The number of carbonyl (C=O) groups is 2. The van der Waals surface area contributed by atoms with Crippen LogP contribution in [-0.2, 0) is 16.0 Å². The molecule has 2 aliphatic rings. The standard InChI is InChI=1S/C22H24N2O2/c1-14-8-9-19(10-15(14)2)23-13-18(12-21(23)25)22(26)24-16(3)11-17-6-4-5-7-20(17)24/h4-10,16,18H,11-13H2,1-3H3. The predicted octanol–water partition coefficient (Wildman–Crippen LogP) is 3.63. The highest BCUT2D eigenvalue weighted by molar-refractivity contribution is 6.05. The van der Waals surface area contributed by atoms with Crippen LogP contribution in [0.4, 0.5) is 11.4 Å². The Balaban J connectivity index is 1.57. The molecule has 1 saturated heterocycles. The van der Waals surface area contributed by atoms with Gasteiger partial charge in [0.05, 0.1) is 5.92 Å². The molecule has 0 saturated carbocycles. The average molecular weight is 348 g/mol. The zero-order valence-electron chi connectivity index (χ0n) is 15.5. The Morgan fingerprint density at radius 3 is 2.58 bits per heavy atom. The Bertz CT molecular complexity index is 889. The molecule has 2 atom stereocenters. The number of carbonyl (C=O) groups excluding carboxylic acids is 2. The van der Waals surface area contributed by atoms with Crippen molar-refractivity contribution in [3.05, 3.63) is 59.2 Å². The molecule has 2 amide bonds. The number of nitrogens with zero attached hydrogens (tertiary/aromatic N) is 2. The van der Waals surface area contributed by atoms with Crippen LogP contribution in [0.3, 0.4) is 0 Å². The highest BCUT2D eigenvalue weighted by Gasteiger charge is 2.41. The van der Waals surface area contributed by atoms with Crippen LogP contribution in [0.2, 0.25) is 0 Å². The highest BCUT2D eigenvalue weighted by atomic mass is 16.2. The maximum absolute atomic E-state index is 13.2. The van der Waals surface area contributed by atoms with Gasteiger partial charge in [-0.1, -0.05) is 24.3 Å². The lowest BCUT2D eigenvalue weighted by Gasteiger charge is -2.26. The Morgan fingerprint density at radius 1 is 1.04 bits per heavy atom. The van der Waals surface area contributed by atoms with Crippen LogP contribution in [0.25, 0.3) is 0 Å². The summed E-state index contributed by atoms with van der Waals surface area (Å²) in [5.74, 6) is -0.174. The van der Waals surface area contributed by atoms with Gasteiger partial charge in [-0.15, -0.1) is 0 Å². The summed E-state index contributed by atoms with van der Waals surface area (Å²) in [6.07, 6.45) is 1.17. The van der Waals surface area contributed by atoms with Crippen molar-refractivity contribution < 1.29 is 9.59 Å². The van der Waals surface area contributed by atoms with E-state index in [2.05, 4.69) is 19.9 Å². The van der Waals surface area contributed by atoms with Crippen molar-refractivity contribution in [2.24, 2.45) is 5.92 Å². The van der Waals surface area contributed by atoms with Crippen molar-refractivity contribution in [2.45, 2.75) is 39.7 Å². The van der Waals surface area contributed by atoms with Gasteiger partial charge in [0.2, 0.25) is 11.8 Å². The summed E-state index contributed by atoms with van der Waals surface area (Å²) < 4.78 is 0. The lowest BCUT2D eigenvalue weighted by molar-refractivity contribution is -0.124. The first kappa shape index (κ1) is 16.8. The molecule has 0 radical (unpaired) electrons. The molecule has 2 aliphatic heterocycles. The van der Waals surface area contributed by atoms with Crippen molar-refractivity contribution in [2.75, 3.05) is 16.3 Å². The third-order valence-electron chi connectivity index (χ3n) is 5.72. The molecule has 1 fully saturated rings. The van der Waals surface area contributed by atoms with Crippen LogP contribution in [0.1, 0.15) is 30.0 Å². The smallest absolute Gasteiger partial charge is 0.232 e. The van der Waals surface area contributed by atoms with Crippen LogP contribution >= 0.6 is 0 Å². The van der Waals surface area contributed by atoms with E-state index < -0.39 is 0 Å². The maximum atomic E-state index is 13.2. The molecule has 26 heavy (non-hydrogen) atoms. The number of rotatable bonds is 2. The van der Waals surface area contributed by atoms with Gasteiger partial charge in [0, 0.05) is 30.4 Å². The fourth-order valence-corrected chi connectivity index (χ4v) is 4.11. The lowest BCUT2D eigenvalue weighted by atomic mass is 10.1. The second-order valence-corrected chi connectivity index (χ2v) is 7.56. The number of fused-ring (bicyclic) bond motifs is 1. The monoisotopic (exact) mass is 348 g/mol. The van der Waals surface area contributed by atoms with Gasteiger partial charge in [0.15, 0.2) is 0 Å². The van der Waals surface area contributed by atoms with Gasteiger partial charge in [-0.25, -0.2) is 0 Å². The molecule has 2 heterocycles. The molecule has 0 aromatic heterocycles. The third kappa shape index (κ3) is 2.70. The molecule has 0 aliphatic carbocycles. The number of amides is 2. The van der Waals surface area contributed by atoms with Crippen LogP contribution in [0.5, 0.6) is 0 Å². The summed E-state index contributed by atoms with van der Waals surface area (Å²) in [5.41, 5.74) is 5.47. The van der Waals surface area contributed by atoms with Crippen LogP contribution < -0.4 is 9.80 Å². The second-order valence-electron chi connectivity index (χ2n) is 7.56. The number of para-hydroxylation sites is 1. The third-order valence-corrected chi connectivity index (χ3v) is 5.72. The SMILES string of the molecule is Cc1ccc(N2CC(C(=O)N3c4ccccc4CC3C)CC2=O)cc1C. The molecule has 4 heteroatoms. The molecule has 4 nitrogen and oxygen atoms in total. The topological polar surface area (TPSA) is 40.6 Å². The number of hydrogen-bond donors (Lipinski definition) is 0. The van der Waals surface area contributed by atoms with E-state index in [-0.39, 0.29) is 30.2 Å². The van der Waals surface area contributed by atoms with Crippen molar-refractivity contribution in [1.29, 1.82) is 0 Å². The molecule has 0 N–H and O–H groups in total. The van der Waals surface area contributed by atoms with Gasteiger partial charge >= 0.3 is 0 Å². The Morgan fingerprint density at radius 2 is 1.81 bits per heavy atom. The van der Waals surface area contributed by atoms with Crippen molar-refractivity contribution in [1.82, 2.24) is 0 Å². The Kier molecular flexibility index (Phi) is 4.06. The molecule has 2 unspecified atom stereocenters. The minimum Gasteiger partial charge on any atom is -0.312 e. The zero-order valence-corrected chi connectivity index (χ0v) is 15.5. The molecular weight excluding hydrogens is 324 g/mol. The quantitative estimate of drug-likeness (QED) is 0.831. The molecule has 0 bridgehead atoms. The summed E-state index contributed by atoms with van der Waals surface area (Å²) in [6, 6.07) is 14.3. The lowest BCUT2D eigenvalue weighted by Crippen LogP contribution is -2.41. The van der Waals surface area contributed by atoms with Gasteiger partial charge in [-0.2, -0.15) is 0 Å². The minimum atomic E-state index is -0.280. The first-order chi connectivity index (χ1) is 12.5. The zero-order chi connectivity index (χ0) is 18.4. The first-order valence-corrected chi connectivity index (χ1v) is 9.24. The van der Waals surface area contributed by atoms with Crippen molar-refractivity contribution >= 4 is 23.2 Å². The molecule has 0 spiro atoms. The summed E-state index contributed by atoms with van der Waals surface area (Å²) in [4.78, 5) is 29.5. The van der Waals surface area contributed by atoms with Crippen molar-refractivity contribution in [3.8, 4) is 0 Å². The van der Waals surface area contributed by atoms with Gasteiger partial charge < -0.3 is 9.80 Å². The number of benzene rings is 2. The molecule has 134 valence electrons. The summed E-state index contributed by atoms with van der Waals surface area (Å²) in [5, 5.41) is 0. The number of aryl methyl sites for hydroxylation is 2. The van der Waals surface area contributed by atoms with E-state index in [0.29, 0.717) is 6.54 Å². The van der Waals surface area contributed by atoms with E-state index in [1.165, 1.54) is 11.1 Å². The van der Waals surface area contributed by atoms with Crippen LogP contribution in [0, 0.1) is 19.8 Å². The second kappa shape index (κ2) is 6.27. The fraction of sp³-hybridized carbons (Fsp3) is 0.364. The van der Waals surface area contributed by atoms with E-state index >= 15 is 0 Å². The van der Waals surface area contributed by atoms with Crippen LogP contribution in [0.15, 0.2) is 42.5 Å². The Labute approximate surface area is 154 Å². The molecular formula is C22H24N2O2. The summed E-state index contributed by atoms with van der Waals surface area (Å²) in [7, 11) is 0. The Hall–Kier alpha value is -2.62. The average Bonchev–Trinajstić information content (AvgIpc) is 3.16. The molecule has 4 rings (SSSR count). The number of hydrogen-bond acceptors (Lipinski definition) is 2. The first-order valence-electron chi connectivity index (χ1n) is 9.24. The van der Waals surface area contributed by atoms with E-state index in [9.17, 15) is 9.59 Å². The van der Waals surface area contributed by atoms with Gasteiger partial charge in [-0.3, -0.25) is 9.59 Å². The summed E-state index contributed by atoms with van der Waals surface area (Å²) >= 11 is 0. The van der Waals surface area contributed by atoms with Crippen molar-refractivity contribution in [3.63, 3.8) is 0 Å². The van der Waals surface area contributed by atoms with Crippen LogP contribution in [-0.4, -0.2) is 24.4 Å². The molecule has 2 aromatic rings. The van der Waals surface area contributed by atoms with E-state index in [4.69, 9.17) is 0 Å². The molecule has 2 aromatic carbocycles. The largest absolute Gasteiger partial charge is 0.312 e. The van der Waals surface area contributed by atoms with E-state index in [0.717, 1.165) is 23.4 Å². The minimum absolute atomic E-state index is 0.0340. The predicted molar refractivity (Wildman–Crippen MR) is 103 cm³/mol. The van der Waals surface area contributed by atoms with Gasteiger partial charge in [-0.05, 0) is 62.1 Å². The van der Waals surface area contributed by atoms with Gasteiger partial charge in [0.1, 0.15) is 0 Å². The van der Waals surface area contributed by atoms with E-state index in [1.54, 1.807) is 4.90 Å².